The zero-order valence-electron chi connectivity index (χ0n) is 12.2. The monoisotopic (exact) mass is 386 g/mol. The maximum atomic E-state index is 12.2. The number of carbonyl (C=O) groups is 1. The van der Waals surface area contributed by atoms with Crippen molar-refractivity contribution in [1.82, 2.24) is 0 Å². The molecule has 0 unspecified atom stereocenters. The molecule has 0 bridgehead atoms. The number of hydrogen-bond donors (Lipinski definition) is 1. The molecule has 0 aliphatic heterocycles. The molecule has 3 rings (SSSR count). The topological polar surface area (TPSA) is 85.4 Å². The fraction of sp³-hybridized carbons (Fsp3) is 0. The lowest BCUT2D eigenvalue weighted by Crippen LogP contribution is -2.10. The molecule has 6 nitrogen and oxygen atoms in total. The Morgan fingerprint density at radius 2 is 1.67 bits per heavy atom. The summed E-state index contributed by atoms with van der Waals surface area (Å²) < 4.78 is 6.45. The normalized spacial score (nSPS) is 10.4. The van der Waals surface area contributed by atoms with Crippen molar-refractivity contribution in [2.75, 3.05) is 5.32 Å². The average molecular weight is 387 g/mol. The van der Waals surface area contributed by atoms with Gasteiger partial charge in [0.05, 0.1) is 4.92 Å². The van der Waals surface area contributed by atoms with Crippen LogP contribution in [-0.2, 0) is 0 Å². The van der Waals surface area contributed by atoms with E-state index in [-0.39, 0.29) is 17.4 Å². The number of furan rings is 1. The van der Waals surface area contributed by atoms with E-state index >= 15 is 0 Å². The van der Waals surface area contributed by atoms with Crippen LogP contribution in [0.25, 0.3) is 11.3 Å². The Labute approximate surface area is 145 Å². The van der Waals surface area contributed by atoms with Gasteiger partial charge in [0.1, 0.15) is 5.76 Å². The highest BCUT2D eigenvalue weighted by Gasteiger charge is 2.13. The minimum atomic E-state index is -0.469. The number of anilines is 1. The predicted octanol–water partition coefficient (Wildman–Crippen LogP) is 4.87. The van der Waals surface area contributed by atoms with Crippen LogP contribution >= 0.6 is 15.9 Å². The van der Waals surface area contributed by atoms with E-state index in [9.17, 15) is 14.9 Å². The van der Waals surface area contributed by atoms with Crippen LogP contribution in [-0.4, -0.2) is 10.8 Å². The summed E-state index contributed by atoms with van der Waals surface area (Å²) in [6, 6.07) is 16.3. The second-order valence-corrected chi connectivity index (χ2v) is 5.84. The number of hydrogen-bond acceptors (Lipinski definition) is 4. The van der Waals surface area contributed by atoms with E-state index in [1.807, 2.05) is 12.1 Å². The Bertz CT molecular complexity index is 886. The van der Waals surface area contributed by atoms with Gasteiger partial charge in [0.25, 0.3) is 11.6 Å². The first-order valence-corrected chi connectivity index (χ1v) is 7.74. The van der Waals surface area contributed by atoms with Crippen LogP contribution in [0.1, 0.15) is 10.6 Å². The first-order chi connectivity index (χ1) is 11.5. The van der Waals surface area contributed by atoms with E-state index in [1.54, 1.807) is 36.4 Å². The third-order valence-electron chi connectivity index (χ3n) is 3.29. The molecule has 0 atom stereocenters. The molecule has 1 amide bonds. The second-order valence-electron chi connectivity index (χ2n) is 4.93. The van der Waals surface area contributed by atoms with Gasteiger partial charge in [-0.05, 0) is 48.5 Å². The van der Waals surface area contributed by atoms with Gasteiger partial charge in [-0.1, -0.05) is 15.9 Å². The molecule has 0 aliphatic rings. The zero-order valence-corrected chi connectivity index (χ0v) is 13.8. The van der Waals surface area contributed by atoms with Gasteiger partial charge in [0, 0.05) is 27.9 Å². The Morgan fingerprint density at radius 1 is 1.00 bits per heavy atom. The number of halogens is 1. The molecule has 2 aromatic carbocycles. The lowest BCUT2D eigenvalue weighted by Gasteiger charge is -2.03. The minimum Gasteiger partial charge on any atom is -0.451 e. The van der Waals surface area contributed by atoms with E-state index in [0.717, 1.165) is 4.47 Å². The molecule has 1 N–H and O–H groups in total. The lowest BCUT2D eigenvalue weighted by molar-refractivity contribution is -0.384. The smallest absolute Gasteiger partial charge is 0.291 e. The van der Waals surface area contributed by atoms with Crippen LogP contribution in [0.4, 0.5) is 11.4 Å². The van der Waals surface area contributed by atoms with Gasteiger partial charge >= 0.3 is 0 Å². The largest absolute Gasteiger partial charge is 0.451 e. The number of carbonyl (C=O) groups excluding carboxylic acids is 1. The molecule has 0 saturated carbocycles. The number of benzene rings is 2. The molecule has 0 aliphatic carbocycles. The highest BCUT2D eigenvalue weighted by Crippen LogP contribution is 2.25. The third-order valence-corrected chi connectivity index (χ3v) is 3.82. The molecule has 7 heteroatoms. The average Bonchev–Trinajstić information content (AvgIpc) is 3.07. The zero-order chi connectivity index (χ0) is 17.1. The Balaban J connectivity index is 1.75. The number of nitro groups is 1. The molecule has 0 radical (unpaired) electrons. The van der Waals surface area contributed by atoms with Gasteiger partial charge in [0.2, 0.25) is 0 Å². The van der Waals surface area contributed by atoms with Crippen LogP contribution in [0.15, 0.2) is 69.6 Å². The first-order valence-electron chi connectivity index (χ1n) is 6.94. The van der Waals surface area contributed by atoms with Crippen LogP contribution in [0.2, 0.25) is 0 Å². The summed E-state index contributed by atoms with van der Waals surface area (Å²) >= 11 is 3.33. The van der Waals surface area contributed by atoms with Crippen molar-refractivity contribution in [3.05, 3.63) is 81.0 Å². The second kappa shape index (κ2) is 6.67. The van der Waals surface area contributed by atoms with Gasteiger partial charge in [-0.15, -0.1) is 0 Å². The predicted molar refractivity (Wildman–Crippen MR) is 92.9 cm³/mol. The van der Waals surface area contributed by atoms with Crippen LogP contribution < -0.4 is 5.32 Å². The maximum absolute atomic E-state index is 12.2. The van der Waals surface area contributed by atoms with E-state index < -0.39 is 4.92 Å². The Morgan fingerprint density at radius 3 is 2.29 bits per heavy atom. The van der Waals surface area contributed by atoms with Crippen LogP contribution in [0, 0.1) is 10.1 Å². The van der Waals surface area contributed by atoms with E-state index in [2.05, 4.69) is 21.2 Å². The van der Waals surface area contributed by atoms with Crippen molar-refractivity contribution in [2.45, 2.75) is 0 Å². The highest BCUT2D eigenvalue weighted by molar-refractivity contribution is 9.10. The molecule has 0 spiro atoms. The van der Waals surface area contributed by atoms with Crippen LogP contribution in [0.3, 0.4) is 0 Å². The van der Waals surface area contributed by atoms with Crippen molar-refractivity contribution in [1.29, 1.82) is 0 Å². The summed E-state index contributed by atoms with van der Waals surface area (Å²) in [6.07, 6.45) is 0. The van der Waals surface area contributed by atoms with E-state index in [1.165, 1.54) is 12.1 Å². The van der Waals surface area contributed by atoms with Crippen molar-refractivity contribution in [3.63, 3.8) is 0 Å². The third kappa shape index (κ3) is 3.52. The molecule has 0 saturated heterocycles. The van der Waals surface area contributed by atoms with Gasteiger partial charge in [-0.2, -0.15) is 0 Å². The summed E-state index contributed by atoms with van der Waals surface area (Å²) in [5, 5.41) is 13.4. The fourth-order valence-electron chi connectivity index (χ4n) is 2.09. The molecular weight excluding hydrogens is 376 g/mol. The van der Waals surface area contributed by atoms with Gasteiger partial charge in [-0.3, -0.25) is 14.9 Å². The standard InChI is InChI=1S/C17H11BrN2O4/c18-12-3-5-13(6-4-12)19-17(21)16-10-9-15(24-16)11-1-7-14(8-2-11)20(22)23/h1-10H,(H,19,21). The van der Waals surface area contributed by atoms with Crippen molar-refractivity contribution in [2.24, 2.45) is 0 Å². The molecule has 1 heterocycles. The summed E-state index contributed by atoms with van der Waals surface area (Å²) in [5.74, 6) is 0.252. The number of amides is 1. The Hall–Kier alpha value is -2.93. The molecule has 0 fully saturated rings. The van der Waals surface area contributed by atoms with Crippen molar-refractivity contribution < 1.29 is 14.1 Å². The number of rotatable bonds is 4. The highest BCUT2D eigenvalue weighted by atomic mass is 79.9. The van der Waals surface area contributed by atoms with Crippen molar-refractivity contribution in [3.8, 4) is 11.3 Å². The van der Waals surface area contributed by atoms with Gasteiger partial charge in [0.15, 0.2) is 5.76 Å². The van der Waals surface area contributed by atoms with Gasteiger partial charge in [-0.25, -0.2) is 0 Å². The van der Waals surface area contributed by atoms with Crippen molar-refractivity contribution >= 4 is 33.2 Å². The number of nitro benzene ring substituents is 1. The molecule has 3 aromatic rings. The number of nitrogens with one attached hydrogen (secondary N) is 1. The van der Waals surface area contributed by atoms with E-state index in [0.29, 0.717) is 17.0 Å². The summed E-state index contributed by atoms with van der Waals surface area (Å²) in [4.78, 5) is 22.4. The Kier molecular flexibility index (Phi) is 4.43. The SMILES string of the molecule is O=C(Nc1ccc(Br)cc1)c1ccc(-c2ccc([N+](=O)[O-])cc2)o1. The van der Waals surface area contributed by atoms with E-state index in [4.69, 9.17) is 4.42 Å². The van der Waals surface area contributed by atoms with Crippen LogP contribution in [0.5, 0.6) is 0 Å². The molecule has 1 aromatic heterocycles. The maximum Gasteiger partial charge on any atom is 0.291 e. The summed E-state index contributed by atoms with van der Waals surface area (Å²) in [7, 11) is 0. The first kappa shape index (κ1) is 15.9. The van der Waals surface area contributed by atoms with Gasteiger partial charge < -0.3 is 9.73 Å². The molecule has 24 heavy (non-hydrogen) atoms. The summed E-state index contributed by atoms with van der Waals surface area (Å²) in [6.45, 7) is 0. The lowest BCUT2D eigenvalue weighted by atomic mass is 10.1. The quantitative estimate of drug-likeness (QED) is 0.511. The molecular formula is C17H11BrN2O4. The molecule has 120 valence electrons. The fourth-order valence-corrected chi connectivity index (χ4v) is 2.35. The number of non-ortho nitro benzene ring substituents is 1. The minimum absolute atomic E-state index is 0.00138. The summed E-state index contributed by atoms with van der Waals surface area (Å²) in [5.41, 5.74) is 1.30. The number of nitrogens with zero attached hydrogens (tertiary/aromatic N) is 1.